The number of nitrogens with two attached hydrogens (primary N) is 1. The molecular formula is C17H18F2N8OS. The summed E-state index contributed by atoms with van der Waals surface area (Å²) in [6, 6.07) is 0. The van der Waals surface area contributed by atoms with Gasteiger partial charge in [0.2, 0.25) is 0 Å². The molecule has 0 saturated heterocycles. The number of thiazole rings is 1. The number of allylic oxidation sites excluding steroid dienone is 2. The first kappa shape index (κ1) is 20.3. The molecule has 0 aliphatic heterocycles. The Kier molecular flexibility index (Phi) is 5.82. The van der Waals surface area contributed by atoms with Crippen LogP contribution < -0.4 is 5.73 Å². The summed E-state index contributed by atoms with van der Waals surface area (Å²) in [6.45, 7) is 0.160. The molecule has 0 spiro atoms. The summed E-state index contributed by atoms with van der Waals surface area (Å²) in [7, 11) is 3.34. The Morgan fingerprint density at radius 1 is 1.55 bits per heavy atom. The summed E-state index contributed by atoms with van der Waals surface area (Å²) in [4.78, 5) is 16.0. The average molecular weight is 420 g/mol. The Bertz CT molecular complexity index is 1130. The molecule has 0 amide bonds. The molecule has 0 radical (unpaired) electrons. The van der Waals surface area contributed by atoms with E-state index in [1.165, 1.54) is 22.6 Å². The third-order valence-electron chi connectivity index (χ3n) is 4.18. The van der Waals surface area contributed by atoms with Crippen LogP contribution >= 0.6 is 11.3 Å². The number of fused-ring (bicyclic) bond motifs is 1. The molecule has 152 valence electrons. The van der Waals surface area contributed by atoms with E-state index in [0.717, 1.165) is 6.20 Å². The van der Waals surface area contributed by atoms with Crippen LogP contribution in [0.4, 0.5) is 8.78 Å². The number of rotatable bonds is 8. The van der Waals surface area contributed by atoms with Gasteiger partial charge in [0.15, 0.2) is 23.6 Å². The Balaban J connectivity index is 1.92. The van der Waals surface area contributed by atoms with E-state index in [9.17, 15) is 13.6 Å². The number of hydrogen-bond acceptors (Lipinski definition) is 8. The summed E-state index contributed by atoms with van der Waals surface area (Å²) in [5, 5.41) is 19.4. The molecule has 0 unspecified atom stereocenters. The van der Waals surface area contributed by atoms with Crippen molar-refractivity contribution in [3.05, 3.63) is 45.5 Å². The number of nitrogens with zero attached hydrogens (tertiary/aromatic N) is 5. The van der Waals surface area contributed by atoms with E-state index in [4.69, 9.17) is 11.1 Å². The van der Waals surface area contributed by atoms with Crippen molar-refractivity contribution in [2.24, 2.45) is 17.9 Å². The zero-order chi connectivity index (χ0) is 21.1. The van der Waals surface area contributed by atoms with Gasteiger partial charge in [-0.2, -0.15) is 10.2 Å². The lowest BCUT2D eigenvalue weighted by molar-refractivity contribution is 0.111. The van der Waals surface area contributed by atoms with Crippen molar-refractivity contribution in [2.75, 3.05) is 7.05 Å². The van der Waals surface area contributed by atoms with Gasteiger partial charge in [-0.1, -0.05) is 0 Å². The molecular weight excluding hydrogens is 402 g/mol. The molecule has 0 aromatic carbocycles. The third-order valence-corrected chi connectivity index (χ3v) is 5.25. The number of carbonyl (C=O) groups is 1. The number of aromatic amines is 1. The van der Waals surface area contributed by atoms with Gasteiger partial charge in [0.25, 0.3) is 0 Å². The number of carbonyl (C=O) groups excluding carboxylic acids is 1. The normalized spacial score (nSPS) is 12.6. The highest BCUT2D eigenvalue weighted by Gasteiger charge is 2.19. The largest absolute Gasteiger partial charge is 0.399 e. The van der Waals surface area contributed by atoms with Gasteiger partial charge in [-0.15, -0.1) is 11.3 Å². The zero-order valence-corrected chi connectivity index (χ0v) is 16.4. The molecule has 3 aromatic rings. The minimum atomic E-state index is -0.813. The summed E-state index contributed by atoms with van der Waals surface area (Å²) in [5.74, 6) is -1.27. The zero-order valence-electron chi connectivity index (χ0n) is 15.6. The maximum absolute atomic E-state index is 13.5. The molecule has 29 heavy (non-hydrogen) atoms. The fraction of sp³-hybridized carbons (Fsp3) is 0.235. The molecule has 0 aliphatic carbocycles. The van der Waals surface area contributed by atoms with Crippen molar-refractivity contribution < 1.29 is 13.6 Å². The van der Waals surface area contributed by atoms with E-state index >= 15 is 0 Å². The van der Waals surface area contributed by atoms with Crippen molar-refractivity contribution in [3.63, 3.8) is 0 Å². The molecule has 0 atom stereocenters. The molecule has 12 heteroatoms. The van der Waals surface area contributed by atoms with Gasteiger partial charge in [0.1, 0.15) is 5.01 Å². The summed E-state index contributed by atoms with van der Waals surface area (Å²) in [5.41, 5.74) is 7.31. The number of halogens is 2. The molecule has 9 nitrogen and oxygen atoms in total. The van der Waals surface area contributed by atoms with Crippen molar-refractivity contribution >= 4 is 40.4 Å². The highest BCUT2D eigenvalue weighted by Crippen LogP contribution is 2.30. The van der Waals surface area contributed by atoms with E-state index in [1.54, 1.807) is 18.7 Å². The molecule has 4 N–H and O–H groups in total. The third kappa shape index (κ3) is 4.06. The second-order valence-corrected chi connectivity index (χ2v) is 7.27. The minimum absolute atomic E-state index is 0.0482. The predicted molar refractivity (Wildman–Crippen MR) is 106 cm³/mol. The van der Waals surface area contributed by atoms with Gasteiger partial charge in [-0.3, -0.25) is 14.9 Å². The fourth-order valence-electron chi connectivity index (χ4n) is 2.69. The maximum Gasteiger partial charge on any atom is 0.167 e. The summed E-state index contributed by atoms with van der Waals surface area (Å²) < 4.78 is 29.3. The maximum atomic E-state index is 13.5. The van der Waals surface area contributed by atoms with Gasteiger partial charge in [-0.25, -0.2) is 13.8 Å². The number of H-pyrrole nitrogens is 1. The summed E-state index contributed by atoms with van der Waals surface area (Å²) >= 11 is 1.26. The number of hydrazone groups is 1. The van der Waals surface area contributed by atoms with Crippen molar-refractivity contribution in [3.8, 4) is 0 Å². The van der Waals surface area contributed by atoms with Crippen LogP contribution in [0, 0.1) is 11.2 Å². The van der Waals surface area contributed by atoms with Gasteiger partial charge in [0.05, 0.1) is 47.0 Å². The van der Waals surface area contributed by atoms with Crippen LogP contribution in [0.15, 0.2) is 22.8 Å². The first-order valence-corrected chi connectivity index (χ1v) is 9.18. The van der Waals surface area contributed by atoms with Crippen LogP contribution in [0.25, 0.3) is 10.3 Å². The smallest absolute Gasteiger partial charge is 0.167 e. The van der Waals surface area contributed by atoms with Crippen LogP contribution in [-0.2, 0) is 20.0 Å². The highest BCUT2D eigenvalue weighted by molar-refractivity contribution is 7.19. The van der Waals surface area contributed by atoms with Crippen LogP contribution in [0.1, 0.15) is 26.8 Å². The number of aromatic nitrogens is 4. The predicted octanol–water partition coefficient (Wildman–Crippen LogP) is 2.11. The van der Waals surface area contributed by atoms with E-state index in [1.807, 2.05) is 0 Å². The van der Waals surface area contributed by atoms with Gasteiger partial charge in [-0.05, 0) is 0 Å². The van der Waals surface area contributed by atoms with Crippen LogP contribution in [0.2, 0.25) is 0 Å². The second kappa shape index (κ2) is 8.31. The van der Waals surface area contributed by atoms with Crippen LogP contribution in [-0.4, -0.2) is 50.5 Å². The van der Waals surface area contributed by atoms with E-state index in [0.29, 0.717) is 39.1 Å². The number of hydrogen-bond donors (Lipinski definition) is 3. The topological polar surface area (TPSA) is 129 Å². The molecule has 3 heterocycles. The van der Waals surface area contributed by atoms with Crippen LogP contribution in [0.5, 0.6) is 0 Å². The Morgan fingerprint density at radius 3 is 2.93 bits per heavy atom. The van der Waals surface area contributed by atoms with Gasteiger partial charge >= 0.3 is 0 Å². The first-order chi connectivity index (χ1) is 13.8. The SMILES string of the molecule is CN(Cc1[nH]ncc1F)/N=C\c1c(C=O)n(C)c2nc(CC(N)=C(F)C=N)sc12. The Hall–Kier alpha value is -3.41. The van der Waals surface area contributed by atoms with Gasteiger partial charge in [0, 0.05) is 26.1 Å². The van der Waals surface area contributed by atoms with E-state index < -0.39 is 11.6 Å². The molecule has 0 fully saturated rings. The standard InChI is InChI=1S/C17H18F2N8OS/c1-26(7-13-11(19)6-22-25-13)23-5-9-14(8-28)27(2)17-16(9)29-15(24-17)3-12(21)10(18)4-20/h4-6,8,20H,3,7,21H2,1-2H3,(H,22,25)/b12-10?,20-4?,23-5-. The quantitative estimate of drug-likeness (QED) is 0.292. The van der Waals surface area contributed by atoms with Crippen molar-refractivity contribution in [1.82, 2.24) is 24.8 Å². The monoisotopic (exact) mass is 420 g/mol. The molecule has 0 saturated carbocycles. The Labute approximate surface area is 168 Å². The lowest BCUT2D eigenvalue weighted by Gasteiger charge is -2.10. The molecule has 3 rings (SSSR count). The highest BCUT2D eigenvalue weighted by atomic mass is 32.1. The Morgan fingerprint density at radius 2 is 2.31 bits per heavy atom. The minimum Gasteiger partial charge on any atom is -0.399 e. The lowest BCUT2D eigenvalue weighted by Crippen LogP contribution is -2.12. The average Bonchev–Trinajstić information content (AvgIpc) is 3.35. The van der Waals surface area contributed by atoms with Crippen molar-refractivity contribution in [1.29, 1.82) is 5.41 Å². The van der Waals surface area contributed by atoms with Gasteiger partial charge < -0.3 is 15.7 Å². The fourth-order valence-corrected chi connectivity index (χ4v) is 3.82. The number of aryl methyl sites for hydroxylation is 1. The number of nitrogens with one attached hydrogen (secondary N) is 2. The number of aldehydes is 1. The second-order valence-electron chi connectivity index (χ2n) is 6.19. The molecule has 0 aliphatic rings. The molecule has 0 bridgehead atoms. The lowest BCUT2D eigenvalue weighted by atomic mass is 10.3. The van der Waals surface area contributed by atoms with E-state index in [2.05, 4.69) is 20.3 Å². The molecule has 3 aromatic heterocycles. The van der Waals surface area contributed by atoms with Crippen molar-refractivity contribution in [2.45, 2.75) is 13.0 Å². The first-order valence-electron chi connectivity index (χ1n) is 8.36. The summed E-state index contributed by atoms with van der Waals surface area (Å²) in [6.07, 6.45) is 3.88. The van der Waals surface area contributed by atoms with Crippen LogP contribution in [0.3, 0.4) is 0 Å². The van der Waals surface area contributed by atoms with E-state index in [-0.39, 0.29) is 24.4 Å².